The number of carbonyl (C=O) groups is 2. The molecule has 2 rings (SSSR count). The minimum Gasteiger partial charge on any atom is -0.481 e. The summed E-state index contributed by atoms with van der Waals surface area (Å²) in [4.78, 5) is 22.2. The molecule has 1 heterocycles. The highest BCUT2D eigenvalue weighted by atomic mass is 16.4. The lowest BCUT2D eigenvalue weighted by atomic mass is 9.92. The molecule has 84 valence electrons. The minimum atomic E-state index is -0.866. The molecule has 0 fully saturated rings. The van der Waals surface area contributed by atoms with Crippen molar-refractivity contribution in [3.05, 3.63) is 29.3 Å². The van der Waals surface area contributed by atoms with Crippen LogP contribution >= 0.6 is 0 Å². The van der Waals surface area contributed by atoms with E-state index < -0.39 is 5.97 Å². The number of hydrogen-bond donors (Lipinski definition) is 2. The van der Waals surface area contributed by atoms with Gasteiger partial charge in [-0.05, 0) is 30.5 Å². The first-order valence-corrected chi connectivity index (χ1v) is 5.22. The fraction of sp³-hybridized carbons (Fsp3) is 0.333. The molecule has 4 heteroatoms. The second-order valence-corrected chi connectivity index (χ2v) is 4.01. The molecule has 1 aliphatic heterocycles. The van der Waals surface area contributed by atoms with Gasteiger partial charge in [0, 0.05) is 12.1 Å². The predicted octanol–water partition coefficient (Wildman–Crippen LogP) is 1.90. The molecule has 0 radical (unpaired) electrons. The lowest BCUT2D eigenvalue weighted by molar-refractivity contribution is -0.137. The number of hydrogen-bond acceptors (Lipinski definition) is 2. The Morgan fingerprint density at radius 2 is 2.25 bits per heavy atom. The van der Waals surface area contributed by atoms with E-state index in [1.54, 1.807) is 0 Å². The summed E-state index contributed by atoms with van der Waals surface area (Å²) in [6.45, 7) is 1.94. The van der Waals surface area contributed by atoms with Gasteiger partial charge in [-0.25, -0.2) is 0 Å². The number of carbonyl (C=O) groups excluding carboxylic acids is 1. The van der Waals surface area contributed by atoms with Gasteiger partial charge in [-0.1, -0.05) is 12.1 Å². The monoisotopic (exact) mass is 219 g/mol. The summed E-state index contributed by atoms with van der Waals surface area (Å²) in [7, 11) is 0. The van der Waals surface area contributed by atoms with E-state index in [-0.39, 0.29) is 18.2 Å². The Kier molecular flexibility index (Phi) is 2.64. The summed E-state index contributed by atoms with van der Waals surface area (Å²) >= 11 is 0. The van der Waals surface area contributed by atoms with E-state index in [1.165, 1.54) is 0 Å². The number of carboxylic acid groups (broad SMARTS) is 1. The molecule has 0 saturated heterocycles. The van der Waals surface area contributed by atoms with Gasteiger partial charge in [-0.2, -0.15) is 0 Å². The molecule has 0 aromatic heterocycles. The number of carboxylic acids is 1. The summed E-state index contributed by atoms with van der Waals surface area (Å²) in [6, 6.07) is 5.67. The molecular formula is C12H13NO3. The Morgan fingerprint density at radius 3 is 2.94 bits per heavy atom. The highest BCUT2D eigenvalue weighted by Crippen LogP contribution is 2.37. The van der Waals surface area contributed by atoms with Crippen molar-refractivity contribution in [1.82, 2.24) is 0 Å². The number of fused-ring (bicyclic) bond motifs is 1. The number of anilines is 1. The fourth-order valence-corrected chi connectivity index (χ4v) is 2.15. The van der Waals surface area contributed by atoms with E-state index in [0.29, 0.717) is 6.42 Å². The first-order chi connectivity index (χ1) is 7.59. The zero-order valence-electron chi connectivity index (χ0n) is 8.99. The van der Waals surface area contributed by atoms with Crippen LogP contribution in [0, 0.1) is 6.92 Å². The molecule has 1 unspecified atom stereocenters. The largest absolute Gasteiger partial charge is 0.481 e. The summed E-state index contributed by atoms with van der Waals surface area (Å²) in [5, 5.41) is 11.4. The molecule has 0 spiro atoms. The van der Waals surface area contributed by atoms with Crippen molar-refractivity contribution in [3.8, 4) is 0 Å². The third kappa shape index (κ3) is 1.78. The van der Waals surface area contributed by atoms with Crippen LogP contribution in [0.15, 0.2) is 18.2 Å². The normalized spacial score (nSPS) is 18.1. The Balaban J connectivity index is 2.28. The molecule has 2 N–H and O–H groups in total. The summed E-state index contributed by atoms with van der Waals surface area (Å²) in [6.07, 6.45) is 0.380. The highest BCUT2D eigenvalue weighted by molar-refractivity contribution is 6.03. The third-order valence-corrected chi connectivity index (χ3v) is 2.89. The lowest BCUT2D eigenvalue weighted by Gasteiger charge is -2.09. The molecule has 4 nitrogen and oxygen atoms in total. The zero-order chi connectivity index (χ0) is 11.7. The molecule has 1 aromatic rings. The van der Waals surface area contributed by atoms with Crippen molar-refractivity contribution >= 4 is 17.6 Å². The van der Waals surface area contributed by atoms with Gasteiger partial charge in [0.15, 0.2) is 0 Å². The van der Waals surface area contributed by atoms with E-state index in [4.69, 9.17) is 5.11 Å². The average molecular weight is 219 g/mol. The number of aryl methyl sites for hydroxylation is 1. The van der Waals surface area contributed by atoms with Crippen molar-refractivity contribution in [2.24, 2.45) is 0 Å². The highest BCUT2D eigenvalue weighted by Gasteiger charge is 2.31. The van der Waals surface area contributed by atoms with Crippen LogP contribution < -0.4 is 5.32 Å². The molecule has 0 saturated carbocycles. The standard InChI is InChI=1S/C12H13NO3/c1-7-3-2-4-9-11(7)8(12(16)13-9)5-6-10(14)15/h2-4,8H,5-6H2,1H3,(H,13,16)(H,14,15). The van der Waals surface area contributed by atoms with Crippen LogP contribution in [-0.4, -0.2) is 17.0 Å². The molecule has 0 aliphatic carbocycles. The van der Waals surface area contributed by atoms with E-state index in [0.717, 1.165) is 16.8 Å². The first-order valence-electron chi connectivity index (χ1n) is 5.22. The first kappa shape index (κ1) is 10.7. The number of aliphatic carboxylic acids is 1. The van der Waals surface area contributed by atoms with Gasteiger partial charge in [0.25, 0.3) is 0 Å². The van der Waals surface area contributed by atoms with Gasteiger partial charge >= 0.3 is 5.97 Å². The quantitative estimate of drug-likeness (QED) is 0.815. The molecule has 0 bridgehead atoms. The van der Waals surface area contributed by atoms with Gasteiger partial charge in [-0.15, -0.1) is 0 Å². The number of benzene rings is 1. The third-order valence-electron chi connectivity index (χ3n) is 2.89. The van der Waals surface area contributed by atoms with Gasteiger partial charge in [-0.3, -0.25) is 9.59 Å². The van der Waals surface area contributed by atoms with Crippen molar-refractivity contribution in [2.45, 2.75) is 25.7 Å². The zero-order valence-corrected chi connectivity index (χ0v) is 8.99. The van der Waals surface area contributed by atoms with E-state index in [1.807, 2.05) is 25.1 Å². The molecule has 1 aromatic carbocycles. The molecule has 1 amide bonds. The maximum absolute atomic E-state index is 11.7. The van der Waals surface area contributed by atoms with Gasteiger partial charge in [0.1, 0.15) is 0 Å². The van der Waals surface area contributed by atoms with Crippen molar-refractivity contribution in [2.75, 3.05) is 5.32 Å². The van der Waals surface area contributed by atoms with Gasteiger partial charge < -0.3 is 10.4 Å². The van der Waals surface area contributed by atoms with Gasteiger partial charge in [0.2, 0.25) is 5.91 Å². The maximum Gasteiger partial charge on any atom is 0.303 e. The molecule has 1 aliphatic rings. The van der Waals surface area contributed by atoms with Crippen LogP contribution in [0.25, 0.3) is 0 Å². The van der Waals surface area contributed by atoms with Crippen LogP contribution in [0.4, 0.5) is 5.69 Å². The predicted molar refractivity (Wildman–Crippen MR) is 59.4 cm³/mol. The van der Waals surface area contributed by atoms with Crippen molar-refractivity contribution < 1.29 is 14.7 Å². The van der Waals surface area contributed by atoms with Crippen molar-refractivity contribution in [1.29, 1.82) is 0 Å². The van der Waals surface area contributed by atoms with E-state index in [9.17, 15) is 9.59 Å². The fourth-order valence-electron chi connectivity index (χ4n) is 2.15. The Morgan fingerprint density at radius 1 is 1.50 bits per heavy atom. The molecule has 1 atom stereocenters. The topological polar surface area (TPSA) is 66.4 Å². The van der Waals surface area contributed by atoms with Gasteiger partial charge in [0.05, 0.1) is 5.92 Å². The molecule has 16 heavy (non-hydrogen) atoms. The smallest absolute Gasteiger partial charge is 0.303 e. The average Bonchev–Trinajstić information content (AvgIpc) is 2.52. The van der Waals surface area contributed by atoms with Crippen LogP contribution in [0.1, 0.15) is 29.9 Å². The Bertz CT molecular complexity index is 454. The van der Waals surface area contributed by atoms with Crippen LogP contribution in [0.3, 0.4) is 0 Å². The molecular weight excluding hydrogens is 206 g/mol. The lowest BCUT2D eigenvalue weighted by Crippen LogP contribution is -2.13. The van der Waals surface area contributed by atoms with Crippen LogP contribution in [-0.2, 0) is 9.59 Å². The van der Waals surface area contributed by atoms with Crippen molar-refractivity contribution in [3.63, 3.8) is 0 Å². The maximum atomic E-state index is 11.7. The number of amides is 1. The second-order valence-electron chi connectivity index (χ2n) is 4.01. The summed E-state index contributed by atoms with van der Waals surface area (Å²) in [5.74, 6) is -1.27. The van der Waals surface area contributed by atoms with E-state index >= 15 is 0 Å². The number of nitrogens with one attached hydrogen (secondary N) is 1. The van der Waals surface area contributed by atoms with Crippen LogP contribution in [0.2, 0.25) is 0 Å². The number of rotatable bonds is 3. The second kappa shape index (κ2) is 3.96. The summed E-state index contributed by atoms with van der Waals surface area (Å²) < 4.78 is 0. The SMILES string of the molecule is Cc1cccc2c1C(CCC(=O)O)C(=O)N2. The Hall–Kier alpha value is -1.84. The Labute approximate surface area is 93.3 Å². The van der Waals surface area contributed by atoms with Crippen LogP contribution in [0.5, 0.6) is 0 Å². The summed E-state index contributed by atoms with van der Waals surface area (Å²) in [5.41, 5.74) is 2.81. The van der Waals surface area contributed by atoms with E-state index in [2.05, 4.69) is 5.32 Å². The minimum absolute atomic E-state index is 0.0197.